The van der Waals surface area contributed by atoms with Gasteiger partial charge in [0.15, 0.2) is 11.0 Å². The average molecular weight is 374 g/mol. The number of aromatic nitrogens is 2. The third-order valence-electron chi connectivity index (χ3n) is 2.48. The number of non-ortho nitro benzene ring substituents is 1. The fourth-order valence-electron chi connectivity index (χ4n) is 1.36. The Kier molecular flexibility index (Phi) is 5.88. The number of rotatable bonds is 3. The molecule has 0 aliphatic heterocycles. The van der Waals surface area contributed by atoms with Crippen LogP contribution in [0.15, 0.2) is 18.2 Å². The minimum atomic E-state index is -1.21. The van der Waals surface area contributed by atoms with Gasteiger partial charge in [0.1, 0.15) is 0 Å². The van der Waals surface area contributed by atoms with E-state index >= 15 is 0 Å². The number of anilines is 2. The lowest BCUT2D eigenvalue weighted by Crippen LogP contribution is -1.98. The second kappa shape index (κ2) is 7.64. The monoisotopic (exact) mass is 373 g/mol. The summed E-state index contributed by atoms with van der Waals surface area (Å²) in [6.45, 7) is 0. The number of aromatic hydroxyl groups is 1. The quantitative estimate of drug-likeness (QED) is 0.514. The molecule has 0 spiro atoms. The zero-order chi connectivity index (χ0) is 19.3. The van der Waals surface area contributed by atoms with E-state index in [1.165, 1.54) is 6.07 Å². The van der Waals surface area contributed by atoms with Gasteiger partial charge in [-0.25, -0.2) is 0 Å². The molecule has 5 N–H and O–H groups in total. The Morgan fingerprint density at radius 2 is 1.40 bits per heavy atom. The fourth-order valence-corrected chi connectivity index (χ4v) is 1.52. The number of nitrogens with two attached hydrogens (primary N) is 2. The molecule has 0 radical (unpaired) electrons. The highest BCUT2D eigenvalue weighted by Gasteiger charge is 2.30. The number of nitrogens with zero attached hydrogens (tertiary/aromatic N) is 5. The van der Waals surface area contributed by atoms with Gasteiger partial charge in [-0.3, -0.25) is 30.3 Å². The highest BCUT2D eigenvalue weighted by molar-refractivity contribution is 6.29. The van der Waals surface area contributed by atoms with Crippen molar-refractivity contribution in [1.82, 2.24) is 10.2 Å². The number of halogens is 1. The van der Waals surface area contributed by atoms with Crippen molar-refractivity contribution in [2.24, 2.45) is 0 Å². The van der Waals surface area contributed by atoms with Crippen molar-refractivity contribution in [2.45, 2.75) is 0 Å². The molecule has 25 heavy (non-hydrogen) atoms. The number of nitro benzene ring substituents is 3. The first kappa shape index (κ1) is 19.2. The number of nitro groups is 3. The molecule has 1 heterocycles. The summed E-state index contributed by atoms with van der Waals surface area (Å²) in [6, 6.07) is 2.34. The van der Waals surface area contributed by atoms with Gasteiger partial charge in [-0.1, -0.05) is 11.6 Å². The lowest BCUT2D eigenvalue weighted by atomic mass is 10.2. The van der Waals surface area contributed by atoms with Crippen LogP contribution < -0.4 is 11.5 Å². The van der Waals surface area contributed by atoms with Crippen LogP contribution in [-0.2, 0) is 0 Å². The number of hydrogen-bond acceptors (Lipinski definition) is 11. The summed E-state index contributed by atoms with van der Waals surface area (Å²) in [5, 5.41) is 47.4. The molecule has 2 rings (SSSR count). The maximum absolute atomic E-state index is 10.4. The Labute approximate surface area is 142 Å². The van der Waals surface area contributed by atoms with E-state index in [0.717, 1.165) is 0 Å². The Hall–Kier alpha value is -3.81. The number of phenolic OH excluding ortho intramolecular Hbond substituents is 1. The lowest BCUT2D eigenvalue weighted by Gasteiger charge is -1.97. The van der Waals surface area contributed by atoms with E-state index in [9.17, 15) is 30.3 Å². The molecule has 1 aromatic heterocycles. The molecule has 0 atom stereocenters. The molecule has 15 heteroatoms. The van der Waals surface area contributed by atoms with Crippen LogP contribution in [-0.4, -0.2) is 30.1 Å². The minimum Gasteiger partial charge on any atom is -0.497 e. The molecule has 14 nitrogen and oxygen atoms in total. The third-order valence-corrected chi connectivity index (χ3v) is 2.67. The molecular formula is C10H8ClN7O7. The number of benzene rings is 1. The second-order valence-electron chi connectivity index (χ2n) is 4.11. The maximum Gasteiger partial charge on any atom is 0.324 e. The minimum absolute atomic E-state index is 0.208. The fraction of sp³-hybridized carbons (Fsp3) is 0. The van der Waals surface area contributed by atoms with E-state index in [2.05, 4.69) is 10.2 Å². The number of nitrogen functional groups attached to an aromatic ring is 2. The lowest BCUT2D eigenvalue weighted by molar-refractivity contribution is -0.404. The van der Waals surface area contributed by atoms with Gasteiger partial charge < -0.3 is 16.6 Å². The van der Waals surface area contributed by atoms with Crippen molar-refractivity contribution in [1.29, 1.82) is 0 Å². The van der Waals surface area contributed by atoms with Gasteiger partial charge in [-0.2, -0.15) is 0 Å². The molecule has 0 saturated heterocycles. The number of hydrogen-bond donors (Lipinski definition) is 3. The molecule has 0 saturated carbocycles. The molecule has 0 unspecified atom stereocenters. The summed E-state index contributed by atoms with van der Waals surface area (Å²) in [5.41, 5.74) is 7.89. The normalized spacial score (nSPS) is 9.64. The predicted molar refractivity (Wildman–Crippen MR) is 83.9 cm³/mol. The predicted octanol–water partition coefficient (Wildman–Crippen LogP) is 1.41. The van der Waals surface area contributed by atoms with Crippen molar-refractivity contribution in [3.05, 3.63) is 53.7 Å². The van der Waals surface area contributed by atoms with Crippen LogP contribution >= 0.6 is 11.6 Å². The molecule has 0 amide bonds. The SMILES string of the molecule is Nc1cc(Cl)nnc1N.O=[N+]([O-])c1cc([N+](=O)[O-])c(O)c([N+](=O)[O-])c1. The zero-order valence-corrected chi connectivity index (χ0v) is 12.7. The van der Waals surface area contributed by atoms with Crippen LogP contribution in [0.1, 0.15) is 0 Å². The average Bonchev–Trinajstić information content (AvgIpc) is 2.51. The Bertz CT molecular complexity index is 824. The molecule has 0 bridgehead atoms. The van der Waals surface area contributed by atoms with Crippen molar-refractivity contribution in [3.63, 3.8) is 0 Å². The van der Waals surface area contributed by atoms with Crippen LogP contribution in [0.2, 0.25) is 5.15 Å². The maximum atomic E-state index is 10.4. The molecule has 0 fully saturated rings. The van der Waals surface area contributed by atoms with E-state index < -0.39 is 37.6 Å². The van der Waals surface area contributed by atoms with E-state index in [1.54, 1.807) is 0 Å². The Balaban J connectivity index is 0.000000293. The van der Waals surface area contributed by atoms with E-state index in [-0.39, 0.29) is 11.0 Å². The molecule has 0 aliphatic rings. The summed E-state index contributed by atoms with van der Waals surface area (Å²) in [4.78, 5) is 27.8. The van der Waals surface area contributed by atoms with Gasteiger partial charge in [0.2, 0.25) is 0 Å². The Morgan fingerprint density at radius 3 is 1.72 bits per heavy atom. The molecule has 132 valence electrons. The van der Waals surface area contributed by atoms with Crippen LogP contribution in [0.25, 0.3) is 0 Å². The highest BCUT2D eigenvalue weighted by atomic mass is 35.5. The molecule has 2 aromatic rings. The first-order valence-corrected chi connectivity index (χ1v) is 6.26. The van der Waals surface area contributed by atoms with Crippen molar-refractivity contribution in [3.8, 4) is 5.75 Å². The van der Waals surface area contributed by atoms with Crippen molar-refractivity contribution in [2.75, 3.05) is 11.5 Å². The highest BCUT2D eigenvalue weighted by Crippen LogP contribution is 2.38. The molecule has 1 aromatic carbocycles. The van der Waals surface area contributed by atoms with Crippen LogP contribution in [0.5, 0.6) is 5.75 Å². The summed E-state index contributed by atoms with van der Waals surface area (Å²) in [7, 11) is 0. The van der Waals surface area contributed by atoms with E-state index in [0.29, 0.717) is 17.8 Å². The van der Waals surface area contributed by atoms with Gasteiger partial charge in [-0.05, 0) is 0 Å². The smallest absolute Gasteiger partial charge is 0.324 e. The number of phenols is 1. The van der Waals surface area contributed by atoms with Gasteiger partial charge in [-0.15, -0.1) is 10.2 Å². The third kappa shape index (κ3) is 4.83. The van der Waals surface area contributed by atoms with Gasteiger partial charge in [0.05, 0.1) is 32.6 Å². The zero-order valence-electron chi connectivity index (χ0n) is 11.9. The first-order valence-electron chi connectivity index (χ1n) is 5.89. The largest absolute Gasteiger partial charge is 0.497 e. The summed E-state index contributed by atoms with van der Waals surface area (Å²) >= 11 is 5.41. The first-order chi connectivity index (χ1) is 11.5. The summed E-state index contributed by atoms with van der Waals surface area (Å²) < 4.78 is 0. The summed E-state index contributed by atoms with van der Waals surface area (Å²) in [5.74, 6) is -1.00. The van der Waals surface area contributed by atoms with Gasteiger partial charge >= 0.3 is 11.4 Å². The topological polar surface area (TPSA) is 227 Å². The standard InChI is InChI=1S/C6H3N3O7.C4H5ClN4/c10-6-4(8(13)14)1-3(7(11)12)2-5(6)9(15)16;5-3-1-2(6)4(7)9-8-3/h1-2,10H;1H,(H2,6,8)(H2,7,9). The van der Waals surface area contributed by atoms with E-state index in [1.807, 2.05) is 0 Å². The van der Waals surface area contributed by atoms with Crippen molar-refractivity contribution >= 4 is 40.2 Å². The molecular weight excluding hydrogens is 366 g/mol. The van der Waals surface area contributed by atoms with E-state index in [4.69, 9.17) is 28.2 Å². The second-order valence-corrected chi connectivity index (χ2v) is 4.50. The molecule has 0 aliphatic carbocycles. The van der Waals surface area contributed by atoms with Crippen LogP contribution in [0.4, 0.5) is 28.6 Å². The van der Waals surface area contributed by atoms with Crippen molar-refractivity contribution < 1.29 is 19.9 Å². The van der Waals surface area contributed by atoms with Gasteiger partial charge in [0.25, 0.3) is 11.4 Å². The van der Waals surface area contributed by atoms with Crippen LogP contribution in [0, 0.1) is 30.3 Å². The van der Waals surface area contributed by atoms with Crippen LogP contribution in [0.3, 0.4) is 0 Å². The van der Waals surface area contributed by atoms with Gasteiger partial charge in [0, 0.05) is 6.07 Å². The Morgan fingerprint density at radius 1 is 0.920 bits per heavy atom. The summed E-state index contributed by atoms with van der Waals surface area (Å²) in [6.07, 6.45) is 0.